The van der Waals surface area contributed by atoms with Crippen LogP contribution in [0.15, 0.2) is 54.6 Å². The van der Waals surface area contributed by atoms with Gasteiger partial charge in [-0.25, -0.2) is 16.8 Å². The number of benzene rings is 2. The van der Waals surface area contributed by atoms with Crippen LogP contribution in [-0.2, 0) is 24.8 Å². The molecule has 0 aliphatic carbocycles. The number of hydrogen-bond donors (Lipinski definition) is 1. The highest BCUT2D eigenvalue weighted by molar-refractivity contribution is 7.92. The first-order chi connectivity index (χ1) is 12.9. The summed E-state index contributed by atoms with van der Waals surface area (Å²) in [5.74, 6) is -0.557. The minimum atomic E-state index is -3.64. The van der Waals surface area contributed by atoms with Crippen LogP contribution in [0.2, 0.25) is 0 Å². The number of nitrogens with zero attached hydrogens (tertiary/aromatic N) is 2. The summed E-state index contributed by atoms with van der Waals surface area (Å²) in [7, 11) is -4.37. The lowest BCUT2D eigenvalue weighted by atomic mass is 10.1. The molecule has 2 aromatic carbocycles. The Balaban J connectivity index is 2.37. The molecule has 0 spiro atoms. The van der Waals surface area contributed by atoms with E-state index in [0.717, 1.165) is 21.1 Å². The molecule has 8 nitrogen and oxygen atoms in total. The first kappa shape index (κ1) is 21.9. The summed E-state index contributed by atoms with van der Waals surface area (Å²) in [5, 5.41) is 2.67. The van der Waals surface area contributed by atoms with Crippen LogP contribution in [0.1, 0.15) is 11.6 Å². The molecule has 2 rings (SSSR count). The summed E-state index contributed by atoms with van der Waals surface area (Å²) >= 11 is 0. The van der Waals surface area contributed by atoms with Gasteiger partial charge in [-0.1, -0.05) is 36.4 Å². The summed E-state index contributed by atoms with van der Waals surface area (Å²) < 4.78 is 49.6. The summed E-state index contributed by atoms with van der Waals surface area (Å²) in [6.07, 6.45) is 2.10. The van der Waals surface area contributed by atoms with Gasteiger partial charge in [-0.2, -0.15) is 4.31 Å². The second-order valence-corrected chi connectivity index (χ2v) is 10.4. The molecular weight excluding hydrogens is 402 g/mol. The van der Waals surface area contributed by atoms with Crippen LogP contribution in [0.25, 0.3) is 0 Å². The molecule has 0 radical (unpaired) electrons. The number of likely N-dealkylation sites (N-methyl/N-ethyl adjacent to an activating group) is 1. The minimum absolute atomic E-state index is 0.348. The number of anilines is 2. The number of rotatable bonds is 7. The Morgan fingerprint density at radius 2 is 1.50 bits per heavy atom. The van der Waals surface area contributed by atoms with Gasteiger partial charge in [0.2, 0.25) is 26.0 Å². The van der Waals surface area contributed by atoms with Crippen molar-refractivity contribution >= 4 is 37.3 Å². The third kappa shape index (κ3) is 5.31. The lowest BCUT2D eigenvalue weighted by Crippen LogP contribution is -2.38. The summed E-state index contributed by atoms with van der Waals surface area (Å²) in [4.78, 5) is 12.9. The highest BCUT2D eigenvalue weighted by Crippen LogP contribution is 2.25. The second-order valence-electron chi connectivity index (χ2n) is 6.36. The lowest BCUT2D eigenvalue weighted by molar-refractivity contribution is -0.119. The molecule has 0 aliphatic rings. The lowest BCUT2D eigenvalue weighted by Gasteiger charge is -2.26. The van der Waals surface area contributed by atoms with E-state index in [2.05, 4.69) is 5.32 Å². The monoisotopic (exact) mass is 425 g/mol. The molecule has 0 aliphatic heterocycles. The number of carbonyl (C=O) groups is 1. The third-order valence-electron chi connectivity index (χ3n) is 4.23. The van der Waals surface area contributed by atoms with Crippen LogP contribution in [0.5, 0.6) is 0 Å². The first-order valence-electron chi connectivity index (χ1n) is 8.24. The second kappa shape index (κ2) is 8.29. The summed E-state index contributed by atoms with van der Waals surface area (Å²) in [5.41, 5.74) is 1.23. The van der Waals surface area contributed by atoms with E-state index in [1.165, 1.54) is 20.2 Å². The molecule has 0 fully saturated rings. The van der Waals surface area contributed by atoms with E-state index >= 15 is 0 Å². The molecule has 1 N–H and O–H groups in total. The average Bonchev–Trinajstić information content (AvgIpc) is 2.60. The molecule has 28 heavy (non-hydrogen) atoms. The van der Waals surface area contributed by atoms with E-state index in [0.29, 0.717) is 16.9 Å². The Kier molecular flexibility index (Phi) is 6.48. The Labute approximate surface area is 165 Å². The molecule has 1 unspecified atom stereocenters. The Morgan fingerprint density at radius 3 is 2.04 bits per heavy atom. The van der Waals surface area contributed by atoms with Gasteiger partial charge in [-0.15, -0.1) is 0 Å². The summed E-state index contributed by atoms with van der Waals surface area (Å²) in [6.45, 7) is 0. The Morgan fingerprint density at radius 1 is 0.893 bits per heavy atom. The van der Waals surface area contributed by atoms with Crippen LogP contribution < -0.4 is 9.62 Å². The highest BCUT2D eigenvalue weighted by Gasteiger charge is 2.30. The van der Waals surface area contributed by atoms with Gasteiger partial charge in [0.05, 0.1) is 18.2 Å². The van der Waals surface area contributed by atoms with Crippen LogP contribution in [0, 0.1) is 0 Å². The fourth-order valence-electron chi connectivity index (χ4n) is 2.53. The Bertz CT molecular complexity index is 1050. The van der Waals surface area contributed by atoms with Crippen LogP contribution >= 0.6 is 0 Å². The average molecular weight is 426 g/mol. The maximum Gasteiger partial charge on any atom is 0.247 e. The maximum atomic E-state index is 12.9. The molecule has 2 aromatic rings. The van der Waals surface area contributed by atoms with E-state index < -0.39 is 32.0 Å². The Hall–Kier alpha value is -2.43. The predicted molar refractivity (Wildman–Crippen MR) is 110 cm³/mol. The molecule has 0 saturated carbocycles. The van der Waals surface area contributed by atoms with Crippen LogP contribution in [0.3, 0.4) is 0 Å². The molecule has 0 aromatic heterocycles. The van der Waals surface area contributed by atoms with Crippen molar-refractivity contribution in [1.29, 1.82) is 0 Å². The number of amides is 1. The smallest absolute Gasteiger partial charge is 0.247 e. The van der Waals surface area contributed by atoms with Crippen molar-refractivity contribution in [3.63, 3.8) is 0 Å². The first-order valence-corrected chi connectivity index (χ1v) is 11.9. The molecule has 0 heterocycles. The van der Waals surface area contributed by atoms with Crippen molar-refractivity contribution < 1.29 is 21.6 Å². The van der Waals surface area contributed by atoms with Gasteiger partial charge < -0.3 is 5.32 Å². The number of nitrogens with one attached hydrogen (secondary N) is 1. The fraction of sp³-hybridized carbons (Fsp3) is 0.278. The van der Waals surface area contributed by atoms with E-state index in [9.17, 15) is 21.6 Å². The third-order valence-corrected chi connectivity index (χ3v) is 6.69. The molecule has 10 heteroatoms. The van der Waals surface area contributed by atoms with Gasteiger partial charge in [0, 0.05) is 19.8 Å². The van der Waals surface area contributed by atoms with E-state index in [1.54, 1.807) is 48.5 Å². The van der Waals surface area contributed by atoms with Crippen molar-refractivity contribution in [3.05, 3.63) is 60.2 Å². The van der Waals surface area contributed by atoms with Crippen molar-refractivity contribution in [2.75, 3.05) is 36.2 Å². The van der Waals surface area contributed by atoms with Gasteiger partial charge in [0.1, 0.15) is 6.04 Å². The quantitative estimate of drug-likeness (QED) is 0.726. The standard InChI is InChI=1S/C18H23N3O5S2/c1-20(27(3,23)24)16-12-8-11-15(13-16)19-18(22)17(21(2)28(4,25)26)14-9-6-5-7-10-14/h5-13,17H,1-4H3,(H,19,22). The number of carbonyl (C=O) groups excluding carboxylic acids is 1. The van der Waals surface area contributed by atoms with Crippen molar-refractivity contribution in [2.24, 2.45) is 0 Å². The largest absolute Gasteiger partial charge is 0.324 e. The van der Waals surface area contributed by atoms with Gasteiger partial charge in [-0.3, -0.25) is 9.10 Å². The van der Waals surface area contributed by atoms with Crippen molar-refractivity contribution in [2.45, 2.75) is 6.04 Å². The van der Waals surface area contributed by atoms with E-state index in [-0.39, 0.29) is 0 Å². The van der Waals surface area contributed by atoms with Crippen molar-refractivity contribution in [3.8, 4) is 0 Å². The highest BCUT2D eigenvalue weighted by atomic mass is 32.2. The summed E-state index contributed by atoms with van der Waals surface area (Å²) in [6, 6.07) is 13.7. The zero-order valence-electron chi connectivity index (χ0n) is 16.0. The van der Waals surface area contributed by atoms with Crippen LogP contribution in [0.4, 0.5) is 11.4 Å². The molecule has 152 valence electrons. The van der Waals surface area contributed by atoms with Crippen molar-refractivity contribution in [1.82, 2.24) is 4.31 Å². The minimum Gasteiger partial charge on any atom is -0.324 e. The zero-order chi connectivity index (χ0) is 21.1. The van der Waals surface area contributed by atoms with Gasteiger partial charge in [0.15, 0.2) is 0 Å². The van der Waals surface area contributed by atoms with Crippen LogP contribution in [-0.4, -0.2) is 53.7 Å². The van der Waals surface area contributed by atoms with E-state index in [1.807, 2.05) is 0 Å². The maximum absolute atomic E-state index is 12.9. The fourth-order valence-corrected chi connectivity index (χ4v) is 3.63. The van der Waals surface area contributed by atoms with Gasteiger partial charge >= 0.3 is 0 Å². The zero-order valence-corrected chi connectivity index (χ0v) is 17.7. The number of hydrogen-bond acceptors (Lipinski definition) is 5. The molecule has 1 amide bonds. The normalized spacial score (nSPS) is 13.2. The molecule has 0 saturated heterocycles. The van der Waals surface area contributed by atoms with Gasteiger partial charge in [0.25, 0.3) is 0 Å². The molecular formula is C18H23N3O5S2. The SMILES string of the molecule is CN(c1cccc(NC(=O)C(c2ccccc2)N(C)S(C)(=O)=O)c1)S(C)(=O)=O. The topological polar surface area (TPSA) is 104 Å². The molecule has 0 bridgehead atoms. The predicted octanol–water partition coefficient (Wildman–Crippen LogP) is 1.65. The number of sulfonamides is 2. The van der Waals surface area contributed by atoms with E-state index in [4.69, 9.17) is 0 Å². The van der Waals surface area contributed by atoms with Gasteiger partial charge in [-0.05, 0) is 23.8 Å². The molecule has 1 atom stereocenters.